The minimum absolute atomic E-state index is 0.0126. The predicted octanol–water partition coefficient (Wildman–Crippen LogP) is 3.77. The van der Waals surface area contributed by atoms with Crippen molar-refractivity contribution < 1.29 is 18.6 Å². The summed E-state index contributed by atoms with van der Waals surface area (Å²) in [5, 5.41) is 10.6. The normalized spacial score (nSPS) is 35.2. The highest BCUT2D eigenvalue weighted by Crippen LogP contribution is 2.47. The molecule has 0 aromatic carbocycles. The summed E-state index contributed by atoms with van der Waals surface area (Å²) in [5.41, 5.74) is -0.628. The van der Waals surface area contributed by atoms with Gasteiger partial charge in [-0.05, 0) is 52.9 Å². The molecule has 0 aromatic rings. The van der Waals surface area contributed by atoms with Gasteiger partial charge in [-0.25, -0.2) is 8.78 Å². The molecule has 0 radical (unpaired) electrons. The Hall–Kier alpha value is -0.220. The summed E-state index contributed by atoms with van der Waals surface area (Å²) >= 11 is 0. The van der Waals surface area contributed by atoms with Gasteiger partial charge in [-0.15, -0.1) is 0 Å². The lowest BCUT2D eigenvalue weighted by Crippen LogP contribution is -2.42. The smallest absolute Gasteiger partial charge is 0.248 e. The molecule has 1 N–H and O–H groups in total. The van der Waals surface area contributed by atoms with Crippen molar-refractivity contribution in [1.29, 1.82) is 0 Å². The van der Waals surface area contributed by atoms with Crippen LogP contribution in [0.25, 0.3) is 0 Å². The fraction of sp³-hybridized carbons (Fsp3) is 1.00. The molecule has 0 amide bonds. The Kier molecular flexibility index (Phi) is 3.72. The van der Waals surface area contributed by atoms with E-state index in [0.717, 1.165) is 6.42 Å². The van der Waals surface area contributed by atoms with Crippen molar-refractivity contribution >= 4 is 0 Å². The van der Waals surface area contributed by atoms with Gasteiger partial charge < -0.3 is 9.84 Å². The predicted molar refractivity (Wildman–Crippen MR) is 70.3 cm³/mol. The Morgan fingerprint density at radius 1 is 1.11 bits per heavy atom. The topological polar surface area (TPSA) is 29.5 Å². The SMILES string of the molecule is CC1(C)CC(C(O)C2CCC(F)(F)CC2)C(C)(C)O1. The molecule has 2 rings (SSSR count). The Labute approximate surface area is 114 Å². The van der Waals surface area contributed by atoms with Crippen LogP contribution in [0.3, 0.4) is 0 Å². The minimum atomic E-state index is -2.53. The summed E-state index contributed by atoms with van der Waals surface area (Å²) in [6.45, 7) is 8.03. The molecule has 2 aliphatic rings. The van der Waals surface area contributed by atoms with Gasteiger partial charge in [0.15, 0.2) is 0 Å². The first-order valence-electron chi connectivity index (χ1n) is 7.29. The van der Waals surface area contributed by atoms with E-state index in [1.165, 1.54) is 0 Å². The maximum Gasteiger partial charge on any atom is 0.248 e. The van der Waals surface area contributed by atoms with Crippen LogP contribution in [0, 0.1) is 11.8 Å². The number of hydrogen-bond acceptors (Lipinski definition) is 2. The lowest BCUT2D eigenvalue weighted by Gasteiger charge is -2.37. The first kappa shape index (κ1) is 15.2. The molecule has 1 saturated heterocycles. The van der Waals surface area contributed by atoms with Crippen LogP contribution >= 0.6 is 0 Å². The van der Waals surface area contributed by atoms with Crippen molar-refractivity contribution in [1.82, 2.24) is 0 Å². The Balaban J connectivity index is 2.02. The van der Waals surface area contributed by atoms with E-state index in [1.54, 1.807) is 0 Å². The highest BCUT2D eigenvalue weighted by atomic mass is 19.3. The van der Waals surface area contributed by atoms with Gasteiger partial charge in [0, 0.05) is 18.8 Å². The zero-order valence-electron chi connectivity index (χ0n) is 12.4. The molecule has 4 heteroatoms. The van der Waals surface area contributed by atoms with Gasteiger partial charge in [-0.3, -0.25) is 0 Å². The van der Waals surface area contributed by atoms with E-state index in [9.17, 15) is 13.9 Å². The van der Waals surface area contributed by atoms with Crippen molar-refractivity contribution in [2.75, 3.05) is 0 Å². The molecule has 2 unspecified atom stereocenters. The number of ether oxygens (including phenoxy) is 1. The average Bonchev–Trinajstić information content (AvgIpc) is 2.45. The lowest BCUT2D eigenvalue weighted by molar-refractivity contribution is -0.106. The highest BCUT2D eigenvalue weighted by Gasteiger charge is 2.51. The van der Waals surface area contributed by atoms with Gasteiger partial charge in [0.2, 0.25) is 5.92 Å². The summed E-state index contributed by atoms with van der Waals surface area (Å²) in [6, 6.07) is 0. The minimum Gasteiger partial charge on any atom is -0.392 e. The quantitative estimate of drug-likeness (QED) is 0.832. The highest BCUT2D eigenvalue weighted by molar-refractivity contribution is 4.99. The molecule has 112 valence electrons. The molecule has 19 heavy (non-hydrogen) atoms. The third-order valence-corrected chi connectivity index (χ3v) is 4.80. The number of aliphatic hydroxyl groups is 1. The standard InChI is InChI=1S/C15H26F2O2/c1-13(2)9-11(14(3,4)19-13)12(18)10-5-7-15(16,17)8-6-10/h10-12,18H,5-9H2,1-4H3. The molecule has 2 nitrogen and oxygen atoms in total. The van der Waals surface area contributed by atoms with Gasteiger partial charge in [0.1, 0.15) is 0 Å². The zero-order chi connectivity index (χ0) is 14.5. The molecule has 0 bridgehead atoms. The third-order valence-electron chi connectivity index (χ3n) is 4.80. The third kappa shape index (κ3) is 3.27. The van der Waals surface area contributed by atoms with Crippen molar-refractivity contribution in [3.63, 3.8) is 0 Å². The van der Waals surface area contributed by atoms with Gasteiger partial charge in [0.25, 0.3) is 0 Å². The van der Waals surface area contributed by atoms with E-state index >= 15 is 0 Å². The van der Waals surface area contributed by atoms with Crippen LogP contribution in [0.2, 0.25) is 0 Å². The van der Waals surface area contributed by atoms with E-state index in [4.69, 9.17) is 4.74 Å². The number of rotatable bonds is 2. The van der Waals surface area contributed by atoms with Crippen LogP contribution in [0.5, 0.6) is 0 Å². The lowest BCUT2D eigenvalue weighted by atomic mass is 9.73. The monoisotopic (exact) mass is 276 g/mol. The van der Waals surface area contributed by atoms with Crippen LogP contribution in [-0.4, -0.2) is 28.3 Å². The molecule has 2 atom stereocenters. The second kappa shape index (κ2) is 4.66. The van der Waals surface area contributed by atoms with Gasteiger partial charge >= 0.3 is 0 Å². The van der Waals surface area contributed by atoms with E-state index in [2.05, 4.69) is 0 Å². The Morgan fingerprint density at radius 2 is 1.63 bits per heavy atom. The maximum atomic E-state index is 13.2. The van der Waals surface area contributed by atoms with Crippen molar-refractivity contribution in [3.8, 4) is 0 Å². The maximum absolute atomic E-state index is 13.2. The first-order chi connectivity index (χ1) is 8.53. The number of alkyl halides is 2. The Bertz CT molecular complexity index is 329. The van der Waals surface area contributed by atoms with E-state index < -0.39 is 12.0 Å². The molecule has 0 aromatic heterocycles. The first-order valence-corrected chi connectivity index (χ1v) is 7.29. The van der Waals surface area contributed by atoms with Crippen LogP contribution in [0.15, 0.2) is 0 Å². The fourth-order valence-corrected chi connectivity index (χ4v) is 3.87. The number of aliphatic hydroxyl groups excluding tert-OH is 1. The second-order valence-electron chi connectivity index (χ2n) is 7.46. The van der Waals surface area contributed by atoms with Gasteiger partial charge in [-0.1, -0.05) is 0 Å². The van der Waals surface area contributed by atoms with Gasteiger partial charge in [-0.2, -0.15) is 0 Å². The van der Waals surface area contributed by atoms with Crippen LogP contribution in [-0.2, 0) is 4.74 Å². The molecular weight excluding hydrogens is 250 g/mol. The zero-order valence-corrected chi connectivity index (χ0v) is 12.4. The van der Waals surface area contributed by atoms with E-state index in [1.807, 2.05) is 27.7 Å². The summed E-state index contributed by atoms with van der Waals surface area (Å²) in [6.07, 6.45) is 0.905. The summed E-state index contributed by atoms with van der Waals surface area (Å²) in [7, 11) is 0. The fourth-order valence-electron chi connectivity index (χ4n) is 3.87. The van der Waals surface area contributed by atoms with Crippen LogP contribution in [0.4, 0.5) is 8.78 Å². The summed E-state index contributed by atoms with van der Waals surface area (Å²) in [5.74, 6) is -2.52. The van der Waals surface area contributed by atoms with Crippen molar-refractivity contribution in [3.05, 3.63) is 0 Å². The molecule has 0 spiro atoms. The summed E-state index contributed by atoms with van der Waals surface area (Å²) < 4.78 is 32.4. The van der Waals surface area contributed by atoms with Crippen molar-refractivity contribution in [2.24, 2.45) is 11.8 Å². The molecular formula is C15H26F2O2. The van der Waals surface area contributed by atoms with Gasteiger partial charge in [0.05, 0.1) is 17.3 Å². The van der Waals surface area contributed by atoms with Crippen LogP contribution in [0.1, 0.15) is 59.8 Å². The number of halogens is 2. The number of hydrogen-bond donors (Lipinski definition) is 1. The van der Waals surface area contributed by atoms with Crippen LogP contribution < -0.4 is 0 Å². The molecule has 1 saturated carbocycles. The van der Waals surface area contributed by atoms with Crippen molar-refractivity contribution in [2.45, 2.75) is 83.0 Å². The summed E-state index contributed by atoms with van der Waals surface area (Å²) in [4.78, 5) is 0. The molecule has 1 aliphatic heterocycles. The average molecular weight is 276 g/mol. The largest absolute Gasteiger partial charge is 0.392 e. The van der Waals surface area contributed by atoms with E-state index in [0.29, 0.717) is 12.8 Å². The Morgan fingerprint density at radius 3 is 2.05 bits per heavy atom. The second-order valence-corrected chi connectivity index (χ2v) is 7.46. The molecule has 2 fully saturated rings. The molecule has 1 heterocycles. The molecule has 1 aliphatic carbocycles. The van der Waals surface area contributed by atoms with E-state index in [-0.39, 0.29) is 35.9 Å².